The number of piperidine rings is 1. The standard InChI is InChI=1S/C13H16ClFN2O/c1-8-6-10(16)4-5-17(8)13(18)9-2-3-11(14)12(15)7-9/h2-3,7-8,10H,4-6,16H2,1H3. The minimum absolute atomic E-state index is 0.0280. The highest BCUT2D eigenvalue weighted by molar-refractivity contribution is 6.30. The van der Waals surface area contributed by atoms with Gasteiger partial charge in [0.25, 0.3) is 5.91 Å². The summed E-state index contributed by atoms with van der Waals surface area (Å²) in [6, 6.07) is 4.37. The van der Waals surface area contributed by atoms with Crippen molar-refractivity contribution in [3.8, 4) is 0 Å². The molecule has 1 fully saturated rings. The molecule has 1 amide bonds. The first-order valence-corrected chi connectivity index (χ1v) is 6.38. The van der Waals surface area contributed by atoms with Crippen molar-refractivity contribution in [3.63, 3.8) is 0 Å². The van der Waals surface area contributed by atoms with Gasteiger partial charge in [0.15, 0.2) is 0 Å². The lowest BCUT2D eigenvalue weighted by atomic mass is 9.98. The number of likely N-dealkylation sites (tertiary alicyclic amines) is 1. The van der Waals surface area contributed by atoms with E-state index < -0.39 is 5.82 Å². The molecule has 0 bridgehead atoms. The van der Waals surface area contributed by atoms with Crippen LogP contribution < -0.4 is 5.73 Å². The summed E-state index contributed by atoms with van der Waals surface area (Å²) in [4.78, 5) is 14.0. The lowest BCUT2D eigenvalue weighted by Gasteiger charge is -2.36. The van der Waals surface area contributed by atoms with Crippen LogP contribution in [0.4, 0.5) is 4.39 Å². The molecule has 0 radical (unpaired) electrons. The van der Waals surface area contributed by atoms with Crippen molar-refractivity contribution in [3.05, 3.63) is 34.6 Å². The Morgan fingerprint density at radius 1 is 1.56 bits per heavy atom. The van der Waals surface area contributed by atoms with Gasteiger partial charge in [-0.25, -0.2) is 4.39 Å². The first-order chi connectivity index (χ1) is 8.49. The van der Waals surface area contributed by atoms with E-state index >= 15 is 0 Å². The van der Waals surface area contributed by atoms with E-state index in [-0.39, 0.29) is 23.0 Å². The predicted molar refractivity (Wildman–Crippen MR) is 69.1 cm³/mol. The summed E-state index contributed by atoms with van der Waals surface area (Å²) in [6.45, 7) is 2.58. The lowest BCUT2D eigenvalue weighted by Crippen LogP contribution is -2.48. The molecule has 2 N–H and O–H groups in total. The Morgan fingerprint density at radius 3 is 2.89 bits per heavy atom. The maximum absolute atomic E-state index is 13.3. The fourth-order valence-corrected chi connectivity index (χ4v) is 2.42. The number of carbonyl (C=O) groups excluding carboxylic acids is 1. The number of amides is 1. The number of benzene rings is 1. The van der Waals surface area contributed by atoms with Crippen molar-refractivity contribution in [1.82, 2.24) is 4.90 Å². The first-order valence-electron chi connectivity index (χ1n) is 6.00. The number of halogens is 2. The van der Waals surface area contributed by atoms with Gasteiger partial charge in [-0.1, -0.05) is 11.6 Å². The molecule has 2 atom stereocenters. The third kappa shape index (κ3) is 2.65. The summed E-state index contributed by atoms with van der Waals surface area (Å²) in [5, 5.41) is 0.0280. The van der Waals surface area contributed by atoms with Crippen LogP contribution in [-0.4, -0.2) is 29.4 Å². The highest BCUT2D eigenvalue weighted by Gasteiger charge is 2.27. The van der Waals surface area contributed by atoms with Gasteiger partial charge in [-0.2, -0.15) is 0 Å². The molecule has 5 heteroatoms. The summed E-state index contributed by atoms with van der Waals surface area (Å²) in [5.41, 5.74) is 6.19. The van der Waals surface area contributed by atoms with Crippen molar-refractivity contribution in [2.75, 3.05) is 6.54 Å². The molecule has 0 aromatic heterocycles. The summed E-state index contributed by atoms with van der Waals surface area (Å²) < 4.78 is 13.3. The summed E-state index contributed by atoms with van der Waals surface area (Å²) in [6.07, 6.45) is 1.56. The summed E-state index contributed by atoms with van der Waals surface area (Å²) in [5.74, 6) is -0.728. The van der Waals surface area contributed by atoms with Crippen LogP contribution >= 0.6 is 11.6 Å². The number of hydrogen-bond donors (Lipinski definition) is 1. The van der Waals surface area contributed by atoms with Crippen LogP contribution in [0.2, 0.25) is 5.02 Å². The lowest BCUT2D eigenvalue weighted by molar-refractivity contribution is 0.0618. The van der Waals surface area contributed by atoms with Crippen LogP contribution in [0.3, 0.4) is 0 Å². The minimum Gasteiger partial charge on any atom is -0.336 e. The Labute approximate surface area is 111 Å². The molecular weight excluding hydrogens is 255 g/mol. The predicted octanol–water partition coefficient (Wildman–Crippen LogP) is 2.43. The van der Waals surface area contributed by atoms with Crippen molar-refractivity contribution < 1.29 is 9.18 Å². The van der Waals surface area contributed by atoms with Crippen LogP contribution in [0.1, 0.15) is 30.1 Å². The maximum atomic E-state index is 13.3. The fourth-order valence-electron chi connectivity index (χ4n) is 2.31. The topological polar surface area (TPSA) is 46.3 Å². The van der Waals surface area contributed by atoms with E-state index in [1.807, 2.05) is 6.92 Å². The van der Waals surface area contributed by atoms with E-state index in [2.05, 4.69) is 0 Å². The van der Waals surface area contributed by atoms with E-state index in [4.69, 9.17) is 17.3 Å². The molecule has 1 heterocycles. The molecule has 1 aromatic rings. The zero-order valence-corrected chi connectivity index (χ0v) is 11.0. The molecule has 1 saturated heterocycles. The normalized spacial score (nSPS) is 24.1. The third-order valence-electron chi connectivity index (χ3n) is 3.34. The molecule has 98 valence electrons. The Kier molecular flexibility index (Phi) is 3.88. The molecule has 0 aliphatic carbocycles. The molecule has 18 heavy (non-hydrogen) atoms. The average Bonchev–Trinajstić information content (AvgIpc) is 2.32. The van der Waals surface area contributed by atoms with Gasteiger partial charge in [0.1, 0.15) is 5.82 Å². The molecule has 3 nitrogen and oxygen atoms in total. The van der Waals surface area contributed by atoms with Gasteiger partial charge in [-0.15, -0.1) is 0 Å². The number of nitrogens with zero attached hydrogens (tertiary/aromatic N) is 1. The first kappa shape index (κ1) is 13.3. The van der Waals surface area contributed by atoms with Gasteiger partial charge < -0.3 is 10.6 Å². The van der Waals surface area contributed by atoms with Crippen LogP contribution in [0, 0.1) is 5.82 Å². The second-order valence-corrected chi connectivity index (χ2v) is 5.17. The van der Waals surface area contributed by atoms with Crippen molar-refractivity contribution >= 4 is 17.5 Å². The average molecular weight is 271 g/mol. The van der Waals surface area contributed by atoms with Crippen LogP contribution in [0.15, 0.2) is 18.2 Å². The van der Waals surface area contributed by atoms with E-state index in [0.29, 0.717) is 12.1 Å². The largest absolute Gasteiger partial charge is 0.336 e. The van der Waals surface area contributed by atoms with Gasteiger partial charge in [0.05, 0.1) is 5.02 Å². The van der Waals surface area contributed by atoms with E-state index in [1.54, 1.807) is 11.0 Å². The van der Waals surface area contributed by atoms with Crippen molar-refractivity contribution in [2.45, 2.75) is 31.8 Å². The number of nitrogens with two attached hydrogens (primary N) is 1. The molecule has 2 unspecified atom stereocenters. The Bertz CT molecular complexity index is 466. The number of rotatable bonds is 1. The Hall–Kier alpha value is -1.13. The summed E-state index contributed by atoms with van der Waals surface area (Å²) >= 11 is 5.60. The van der Waals surface area contributed by atoms with Gasteiger partial charge in [0, 0.05) is 24.2 Å². The van der Waals surface area contributed by atoms with Crippen LogP contribution in [0.5, 0.6) is 0 Å². The van der Waals surface area contributed by atoms with Crippen LogP contribution in [0.25, 0.3) is 0 Å². The zero-order chi connectivity index (χ0) is 13.3. The molecule has 2 rings (SSSR count). The second kappa shape index (κ2) is 5.24. The molecule has 0 spiro atoms. The quantitative estimate of drug-likeness (QED) is 0.852. The molecule has 1 aliphatic rings. The highest BCUT2D eigenvalue weighted by Crippen LogP contribution is 2.21. The Balaban J connectivity index is 2.18. The smallest absolute Gasteiger partial charge is 0.254 e. The minimum atomic E-state index is -0.566. The van der Waals surface area contributed by atoms with E-state index in [0.717, 1.165) is 12.8 Å². The number of hydrogen-bond acceptors (Lipinski definition) is 2. The fraction of sp³-hybridized carbons (Fsp3) is 0.462. The monoisotopic (exact) mass is 270 g/mol. The highest BCUT2D eigenvalue weighted by atomic mass is 35.5. The molecular formula is C13H16ClFN2O. The molecule has 1 aromatic carbocycles. The van der Waals surface area contributed by atoms with E-state index in [9.17, 15) is 9.18 Å². The third-order valence-corrected chi connectivity index (χ3v) is 3.65. The van der Waals surface area contributed by atoms with Gasteiger partial charge in [0.2, 0.25) is 0 Å². The van der Waals surface area contributed by atoms with Crippen molar-refractivity contribution in [1.29, 1.82) is 0 Å². The van der Waals surface area contributed by atoms with Gasteiger partial charge >= 0.3 is 0 Å². The summed E-state index contributed by atoms with van der Waals surface area (Å²) in [7, 11) is 0. The maximum Gasteiger partial charge on any atom is 0.254 e. The SMILES string of the molecule is CC1CC(N)CCN1C(=O)c1ccc(Cl)c(F)c1. The van der Waals surface area contributed by atoms with E-state index in [1.165, 1.54) is 12.1 Å². The Morgan fingerprint density at radius 2 is 2.28 bits per heavy atom. The van der Waals surface area contributed by atoms with Gasteiger partial charge in [-0.3, -0.25) is 4.79 Å². The molecule has 1 aliphatic heterocycles. The zero-order valence-electron chi connectivity index (χ0n) is 10.2. The number of carbonyl (C=O) groups is 1. The van der Waals surface area contributed by atoms with Crippen LogP contribution in [-0.2, 0) is 0 Å². The second-order valence-electron chi connectivity index (χ2n) is 4.76. The van der Waals surface area contributed by atoms with Gasteiger partial charge in [-0.05, 0) is 38.0 Å². The van der Waals surface area contributed by atoms with Crippen molar-refractivity contribution in [2.24, 2.45) is 5.73 Å². The molecule has 0 saturated carbocycles.